The Hall–Kier alpha value is -3.73. The molecule has 0 atom stereocenters. The van der Waals surface area contributed by atoms with Crippen molar-refractivity contribution in [1.29, 1.82) is 0 Å². The minimum atomic E-state index is -4.74. The van der Waals surface area contributed by atoms with Crippen LogP contribution in [0.4, 0.5) is 18.2 Å². The molecular formula is C25H23F3N4O3S. The standard InChI is InChI=1S/C25H23F3N4O3S/c1-5-16-10-17(24(34)35-6-2)23(36-16)30-22(33)19-12-21-29-18(15-8-7-13(3)14(4)9-15)11-20(25(26,27)28)32(21)31-19/h7-12H,5-6H2,1-4H3,(H,30,33). The maximum absolute atomic E-state index is 13.9. The van der Waals surface area contributed by atoms with E-state index in [-0.39, 0.29) is 34.2 Å². The Bertz CT molecular complexity index is 1470. The first kappa shape index (κ1) is 25.4. The molecule has 0 saturated carbocycles. The molecule has 0 bridgehead atoms. The maximum Gasteiger partial charge on any atom is 0.433 e. The Morgan fingerprint density at radius 3 is 2.47 bits per heavy atom. The number of aromatic nitrogens is 3. The summed E-state index contributed by atoms with van der Waals surface area (Å²) in [5, 5.41) is 6.73. The zero-order valence-corrected chi connectivity index (χ0v) is 20.8. The number of alkyl halides is 3. The second-order valence-electron chi connectivity index (χ2n) is 8.11. The van der Waals surface area contributed by atoms with Gasteiger partial charge < -0.3 is 10.1 Å². The topological polar surface area (TPSA) is 85.6 Å². The van der Waals surface area contributed by atoms with Crippen LogP contribution >= 0.6 is 11.3 Å². The highest BCUT2D eigenvalue weighted by Crippen LogP contribution is 2.33. The molecule has 0 radical (unpaired) electrons. The Kier molecular flexibility index (Phi) is 6.85. The van der Waals surface area contributed by atoms with Crippen LogP contribution in [0.5, 0.6) is 0 Å². The monoisotopic (exact) mass is 516 g/mol. The van der Waals surface area contributed by atoms with Crippen molar-refractivity contribution in [3.8, 4) is 11.3 Å². The molecule has 11 heteroatoms. The SMILES string of the molecule is CCOC(=O)c1cc(CC)sc1NC(=O)c1cc2nc(-c3ccc(C)c(C)c3)cc(C(F)(F)F)n2n1. The summed E-state index contributed by atoms with van der Waals surface area (Å²) < 4.78 is 47.5. The summed E-state index contributed by atoms with van der Waals surface area (Å²) in [6.07, 6.45) is -4.11. The van der Waals surface area contributed by atoms with E-state index in [1.165, 1.54) is 17.4 Å². The van der Waals surface area contributed by atoms with Crippen molar-refractivity contribution in [2.24, 2.45) is 0 Å². The molecule has 3 aromatic heterocycles. The number of ether oxygens (including phenoxy) is 1. The highest BCUT2D eigenvalue weighted by Gasteiger charge is 2.36. The summed E-state index contributed by atoms with van der Waals surface area (Å²) >= 11 is 1.19. The Morgan fingerprint density at radius 1 is 1.08 bits per heavy atom. The third-order valence-corrected chi connectivity index (χ3v) is 6.80. The molecular weight excluding hydrogens is 493 g/mol. The van der Waals surface area contributed by atoms with Crippen molar-refractivity contribution in [2.45, 2.75) is 40.3 Å². The van der Waals surface area contributed by atoms with Crippen molar-refractivity contribution in [1.82, 2.24) is 14.6 Å². The Balaban J connectivity index is 1.76. The molecule has 3 heterocycles. The van der Waals surface area contributed by atoms with E-state index in [4.69, 9.17) is 4.74 Å². The lowest BCUT2D eigenvalue weighted by Gasteiger charge is -2.11. The summed E-state index contributed by atoms with van der Waals surface area (Å²) in [5.41, 5.74) is 1.26. The molecule has 0 fully saturated rings. The number of nitrogens with zero attached hydrogens (tertiary/aromatic N) is 3. The predicted octanol–water partition coefficient (Wildman–Crippen LogP) is 6.08. The molecule has 36 heavy (non-hydrogen) atoms. The average molecular weight is 517 g/mol. The van der Waals surface area contributed by atoms with E-state index in [1.54, 1.807) is 25.1 Å². The van der Waals surface area contributed by atoms with Gasteiger partial charge in [-0.25, -0.2) is 14.3 Å². The van der Waals surface area contributed by atoms with E-state index >= 15 is 0 Å². The molecule has 0 aliphatic rings. The van der Waals surface area contributed by atoms with Crippen molar-refractivity contribution in [3.05, 3.63) is 69.4 Å². The molecule has 0 aliphatic carbocycles. The third-order valence-electron chi connectivity index (χ3n) is 5.61. The Morgan fingerprint density at radius 2 is 1.83 bits per heavy atom. The van der Waals surface area contributed by atoms with Gasteiger partial charge in [0.2, 0.25) is 0 Å². The van der Waals surface area contributed by atoms with Gasteiger partial charge in [0.25, 0.3) is 5.91 Å². The maximum atomic E-state index is 13.9. The number of fused-ring (bicyclic) bond motifs is 1. The van der Waals surface area contributed by atoms with Gasteiger partial charge in [-0.05, 0) is 56.5 Å². The van der Waals surface area contributed by atoms with Gasteiger partial charge in [-0.15, -0.1) is 11.3 Å². The van der Waals surface area contributed by atoms with Crippen molar-refractivity contribution in [3.63, 3.8) is 0 Å². The molecule has 0 saturated heterocycles. The van der Waals surface area contributed by atoms with Crippen LogP contribution in [0.1, 0.15) is 56.4 Å². The Labute approximate surface area is 208 Å². The number of carbonyl (C=O) groups is 2. The van der Waals surface area contributed by atoms with E-state index in [0.29, 0.717) is 16.5 Å². The molecule has 0 unspecified atom stereocenters. The van der Waals surface area contributed by atoms with Crippen LogP contribution in [-0.2, 0) is 17.3 Å². The van der Waals surface area contributed by atoms with E-state index in [2.05, 4.69) is 15.4 Å². The highest BCUT2D eigenvalue weighted by molar-refractivity contribution is 7.16. The highest BCUT2D eigenvalue weighted by atomic mass is 32.1. The number of aryl methyl sites for hydroxylation is 3. The van der Waals surface area contributed by atoms with Crippen molar-refractivity contribution in [2.75, 3.05) is 11.9 Å². The van der Waals surface area contributed by atoms with Crippen LogP contribution in [0, 0.1) is 13.8 Å². The number of nitrogens with one attached hydrogen (secondary N) is 1. The number of benzene rings is 1. The van der Waals surface area contributed by atoms with Gasteiger partial charge >= 0.3 is 12.1 Å². The minimum Gasteiger partial charge on any atom is -0.462 e. The average Bonchev–Trinajstić information content (AvgIpc) is 3.43. The fourth-order valence-corrected chi connectivity index (χ4v) is 4.55. The molecule has 4 aromatic rings. The zero-order valence-electron chi connectivity index (χ0n) is 20.0. The number of thiophene rings is 1. The fraction of sp³-hybridized carbons (Fsp3) is 0.280. The van der Waals surface area contributed by atoms with Crippen LogP contribution in [0.25, 0.3) is 16.9 Å². The number of rotatable bonds is 6. The second kappa shape index (κ2) is 9.73. The van der Waals surface area contributed by atoms with Crippen LogP contribution < -0.4 is 5.32 Å². The summed E-state index contributed by atoms with van der Waals surface area (Å²) in [7, 11) is 0. The lowest BCUT2D eigenvalue weighted by molar-refractivity contribution is -0.142. The van der Waals surface area contributed by atoms with Crippen LogP contribution in [0.3, 0.4) is 0 Å². The van der Waals surface area contributed by atoms with Crippen LogP contribution in [0.2, 0.25) is 0 Å². The predicted molar refractivity (Wildman–Crippen MR) is 131 cm³/mol. The van der Waals surface area contributed by atoms with Gasteiger partial charge in [-0.2, -0.15) is 18.3 Å². The number of esters is 1. The number of carbonyl (C=O) groups excluding carboxylic acids is 2. The van der Waals surface area contributed by atoms with Crippen LogP contribution in [-0.4, -0.2) is 33.1 Å². The fourth-order valence-electron chi connectivity index (χ4n) is 3.57. The quantitative estimate of drug-likeness (QED) is 0.314. The molecule has 0 aliphatic heterocycles. The molecule has 7 nitrogen and oxygen atoms in total. The van der Waals surface area contributed by atoms with Crippen LogP contribution in [0.15, 0.2) is 36.4 Å². The van der Waals surface area contributed by atoms with Gasteiger partial charge in [0, 0.05) is 16.5 Å². The number of halogens is 3. The number of hydrogen-bond donors (Lipinski definition) is 1. The smallest absolute Gasteiger partial charge is 0.433 e. The first-order valence-electron chi connectivity index (χ1n) is 11.2. The summed E-state index contributed by atoms with van der Waals surface area (Å²) in [6, 6.07) is 9.00. The molecule has 1 amide bonds. The molecule has 1 aromatic carbocycles. The first-order chi connectivity index (χ1) is 17.0. The van der Waals surface area contributed by atoms with E-state index in [0.717, 1.165) is 22.1 Å². The molecule has 1 N–H and O–H groups in total. The lowest BCUT2D eigenvalue weighted by Crippen LogP contribution is -2.16. The molecule has 188 valence electrons. The zero-order chi connectivity index (χ0) is 26.2. The van der Waals surface area contributed by atoms with E-state index < -0.39 is 23.7 Å². The number of amides is 1. The summed E-state index contributed by atoms with van der Waals surface area (Å²) in [6.45, 7) is 7.49. The summed E-state index contributed by atoms with van der Waals surface area (Å²) in [4.78, 5) is 30.4. The van der Waals surface area contributed by atoms with E-state index in [9.17, 15) is 22.8 Å². The summed E-state index contributed by atoms with van der Waals surface area (Å²) in [5.74, 6) is -1.37. The van der Waals surface area contributed by atoms with Gasteiger partial charge in [-0.3, -0.25) is 4.79 Å². The molecule has 4 rings (SSSR count). The largest absolute Gasteiger partial charge is 0.462 e. The van der Waals surface area contributed by atoms with Gasteiger partial charge in [0.05, 0.1) is 17.9 Å². The van der Waals surface area contributed by atoms with Gasteiger partial charge in [-0.1, -0.05) is 19.1 Å². The second-order valence-corrected chi connectivity index (χ2v) is 9.24. The van der Waals surface area contributed by atoms with Crippen molar-refractivity contribution < 1.29 is 27.5 Å². The lowest BCUT2D eigenvalue weighted by atomic mass is 10.0. The third kappa shape index (κ3) is 4.97. The first-order valence-corrected chi connectivity index (χ1v) is 12.0. The number of hydrogen-bond acceptors (Lipinski definition) is 6. The van der Waals surface area contributed by atoms with Crippen molar-refractivity contribution >= 4 is 33.9 Å². The normalized spacial score (nSPS) is 11.6. The molecule has 0 spiro atoms. The number of anilines is 1. The minimum absolute atomic E-state index is 0.111. The van der Waals surface area contributed by atoms with Gasteiger partial charge in [0.1, 0.15) is 5.00 Å². The van der Waals surface area contributed by atoms with Gasteiger partial charge in [0.15, 0.2) is 17.0 Å². The van der Waals surface area contributed by atoms with E-state index in [1.807, 2.05) is 26.8 Å².